The van der Waals surface area contributed by atoms with Crippen molar-refractivity contribution in [3.63, 3.8) is 0 Å². The zero-order chi connectivity index (χ0) is 13.8. The fourth-order valence-electron chi connectivity index (χ4n) is 1.55. The molecule has 2 rings (SSSR count). The Morgan fingerprint density at radius 3 is 2.58 bits per heavy atom. The number of anilines is 1. The van der Waals surface area contributed by atoms with Gasteiger partial charge in [-0.2, -0.15) is 5.26 Å². The summed E-state index contributed by atoms with van der Waals surface area (Å²) in [6.07, 6.45) is 1.35. The highest BCUT2D eigenvalue weighted by atomic mass is 16.1. The molecule has 1 amide bonds. The van der Waals surface area contributed by atoms with E-state index in [2.05, 4.69) is 15.3 Å². The quantitative estimate of drug-likeness (QED) is 0.888. The number of aryl methyl sites for hydroxylation is 2. The molecule has 5 nitrogen and oxygen atoms in total. The fourth-order valence-corrected chi connectivity index (χ4v) is 1.55. The Labute approximate surface area is 110 Å². The van der Waals surface area contributed by atoms with Crippen LogP contribution in [0.15, 0.2) is 30.5 Å². The van der Waals surface area contributed by atoms with Gasteiger partial charge in [-0.1, -0.05) is 17.7 Å². The number of benzene rings is 1. The number of rotatable bonds is 2. The van der Waals surface area contributed by atoms with Crippen LogP contribution in [0.5, 0.6) is 0 Å². The lowest BCUT2D eigenvalue weighted by Gasteiger charge is -2.06. The predicted octanol–water partition coefficient (Wildman–Crippen LogP) is 2.22. The molecular weight excluding hydrogens is 240 g/mol. The predicted molar refractivity (Wildman–Crippen MR) is 70.6 cm³/mol. The minimum Gasteiger partial charge on any atom is -0.321 e. The largest absolute Gasteiger partial charge is 0.321 e. The molecule has 1 heterocycles. The average Bonchev–Trinajstić information content (AvgIpc) is 2.42. The third-order valence-electron chi connectivity index (χ3n) is 2.59. The monoisotopic (exact) mass is 252 g/mol. The van der Waals surface area contributed by atoms with Gasteiger partial charge in [0.05, 0.1) is 11.9 Å². The first kappa shape index (κ1) is 12.7. The van der Waals surface area contributed by atoms with Crippen LogP contribution in [-0.2, 0) is 0 Å². The van der Waals surface area contributed by atoms with Crippen LogP contribution in [0.25, 0.3) is 0 Å². The van der Waals surface area contributed by atoms with E-state index in [4.69, 9.17) is 5.26 Å². The Morgan fingerprint density at radius 1 is 1.26 bits per heavy atom. The van der Waals surface area contributed by atoms with E-state index in [-0.39, 0.29) is 17.3 Å². The molecule has 0 fully saturated rings. The van der Waals surface area contributed by atoms with Crippen LogP contribution in [-0.4, -0.2) is 15.9 Å². The topological polar surface area (TPSA) is 78.7 Å². The molecule has 0 unspecified atom stereocenters. The second-order valence-corrected chi connectivity index (χ2v) is 4.12. The third kappa shape index (κ3) is 2.93. The van der Waals surface area contributed by atoms with Gasteiger partial charge in [-0.15, -0.1) is 0 Å². The molecule has 0 saturated heterocycles. The van der Waals surface area contributed by atoms with Gasteiger partial charge in [0, 0.05) is 5.69 Å². The van der Waals surface area contributed by atoms with Crippen LogP contribution in [0, 0.1) is 25.2 Å². The number of nitriles is 1. The van der Waals surface area contributed by atoms with Gasteiger partial charge in [0.1, 0.15) is 6.07 Å². The molecule has 5 heteroatoms. The van der Waals surface area contributed by atoms with Gasteiger partial charge in [0.2, 0.25) is 0 Å². The minimum absolute atomic E-state index is 0.125. The van der Waals surface area contributed by atoms with E-state index in [1.807, 2.05) is 37.3 Å². The average molecular weight is 252 g/mol. The van der Waals surface area contributed by atoms with Crippen molar-refractivity contribution in [2.45, 2.75) is 13.8 Å². The zero-order valence-electron chi connectivity index (χ0n) is 10.6. The van der Waals surface area contributed by atoms with Crippen molar-refractivity contribution in [1.29, 1.82) is 5.26 Å². The molecule has 1 N–H and O–H groups in total. The molecule has 0 aliphatic carbocycles. The molecular formula is C14H12N4O. The van der Waals surface area contributed by atoms with Gasteiger partial charge in [-0.3, -0.25) is 9.78 Å². The Hall–Kier alpha value is -2.74. The molecule has 0 aliphatic heterocycles. The SMILES string of the molecule is Cc1ccc(NC(=O)c2nc(C#N)cnc2C)cc1. The lowest BCUT2D eigenvalue weighted by atomic mass is 10.2. The van der Waals surface area contributed by atoms with Gasteiger partial charge in [-0.25, -0.2) is 4.98 Å². The number of amides is 1. The van der Waals surface area contributed by atoms with E-state index < -0.39 is 0 Å². The minimum atomic E-state index is -0.369. The Morgan fingerprint density at radius 2 is 1.95 bits per heavy atom. The molecule has 2 aromatic rings. The van der Waals surface area contributed by atoms with Crippen molar-refractivity contribution < 1.29 is 4.79 Å². The number of carbonyl (C=O) groups excluding carboxylic acids is 1. The lowest BCUT2D eigenvalue weighted by Crippen LogP contribution is -2.16. The van der Waals surface area contributed by atoms with Crippen molar-refractivity contribution >= 4 is 11.6 Å². The molecule has 0 atom stereocenters. The maximum atomic E-state index is 12.1. The highest BCUT2D eigenvalue weighted by Crippen LogP contribution is 2.11. The van der Waals surface area contributed by atoms with Crippen LogP contribution < -0.4 is 5.32 Å². The first-order valence-corrected chi connectivity index (χ1v) is 5.72. The smallest absolute Gasteiger partial charge is 0.276 e. The van der Waals surface area contributed by atoms with Crippen molar-refractivity contribution in [3.8, 4) is 6.07 Å². The van der Waals surface area contributed by atoms with Crippen molar-refractivity contribution in [2.24, 2.45) is 0 Å². The summed E-state index contributed by atoms with van der Waals surface area (Å²) in [7, 11) is 0. The molecule has 0 radical (unpaired) electrons. The van der Waals surface area contributed by atoms with Gasteiger partial charge in [-0.05, 0) is 26.0 Å². The summed E-state index contributed by atoms with van der Waals surface area (Å²) in [6, 6.07) is 9.29. The second kappa shape index (κ2) is 5.27. The van der Waals surface area contributed by atoms with E-state index >= 15 is 0 Å². The first-order valence-electron chi connectivity index (χ1n) is 5.72. The molecule has 0 bridgehead atoms. The van der Waals surface area contributed by atoms with Gasteiger partial charge in [0.15, 0.2) is 11.4 Å². The molecule has 19 heavy (non-hydrogen) atoms. The standard InChI is InChI=1S/C14H12N4O/c1-9-3-5-11(6-4-9)18-14(19)13-10(2)16-8-12(7-15)17-13/h3-6,8H,1-2H3,(H,18,19). The summed E-state index contributed by atoms with van der Waals surface area (Å²) < 4.78 is 0. The number of hydrogen-bond acceptors (Lipinski definition) is 4. The number of carbonyl (C=O) groups is 1. The maximum absolute atomic E-state index is 12.1. The zero-order valence-corrected chi connectivity index (χ0v) is 10.6. The molecule has 0 aliphatic rings. The number of nitrogens with one attached hydrogen (secondary N) is 1. The van der Waals surface area contributed by atoms with Gasteiger partial charge < -0.3 is 5.32 Å². The van der Waals surface area contributed by atoms with Crippen LogP contribution in [0.3, 0.4) is 0 Å². The van der Waals surface area contributed by atoms with E-state index in [0.29, 0.717) is 11.4 Å². The van der Waals surface area contributed by atoms with E-state index in [0.717, 1.165) is 5.56 Å². The number of hydrogen-bond donors (Lipinski definition) is 1. The van der Waals surface area contributed by atoms with Gasteiger partial charge >= 0.3 is 0 Å². The molecule has 0 saturated carbocycles. The van der Waals surface area contributed by atoms with Crippen molar-refractivity contribution in [3.05, 3.63) is 53.1 Å². The lowest BCUT2D eigenvalue weighted by molar-refractivity contribution is 0.102. The molecule has 1 aromatic heterocycles. The van der Waals surface area contributed by atoms with Crippen LogP contribution in [0.1, 0.15) is 27.4 Å². The first-order chi connectivity index (χ1) is 9.10. The molecule has 94 valence electrons. The van der Waals surface area contributed by atoms with E-state index in [1.165, 1.54) is 6.20 Å². The van der Waals surface area contributed by atoms with E-state index in [9.17, 15) is 4.79 Å². The van der Waals surface area contributed by atoms with Gasteiger partial charge in [0.25, 0.3) is 5.91 Å². The molecule has 1 aromatic carbocycles. The summed E-state index contributed by atoms with van der Waals surface area (Å²) in [5.74, 6) is -0.369. The highest BCUT2D eigenvalue weighted by molar-refractivity contribution is 6.03. The number of nitrogens with zero attached hydrogens (tertiary/aromatic N) is 3. The van der Waals surface area contributed by atoms with Crippen LogP contribution in [0.2, 0.25) is 0 Å². The Kier molecular flexibility index (Phi) is 3.53. The normalized spacial score (nSPS) is 9.74. The summed E-state index contributed by atoms with van der Waals surface area (Å²) in [5, 5.41) is 11.5. The van der Waals surface area contributed by atoms with Crippen molar-refractivity contribution in [1.82, 2.24) is 9.97 Å². The summed E-state index contributed by atoms with van der Waals surface area (Å²) >= 11 is 0. The summed E-state index contributed by atoms with van der Waals surface area (Å²) in [4.78, 5) is 20.0. The van der Waals surface area contributed by atoms with Crippen molar-refractivity contribution in [2.75, 3.05) is 5.32 Å². The maximum Gasteiger partial charge on any atom is 0.276 e. The van der Waals surface area contributed by atoms with E-state index in [1.54, 1.807) is 6.92 Å². The number of aromatic nitrogens is 2. The Bertz CT molecular complexity index is 656. The summed E-state index contributed by atoms with van der Waals surface area (Å²) in [6.45, 7) is 3.65. The Balaban J connectivity index is 2.25. The van der Waals surface area contributed by atoms with Crippen LogP contribution in [0.4, 0.5) is 5.69 Å². The second-order valence-electron chi connectivity index (χ2n) is 4.12. The summed E-state index contributed by atoms with van der Waals surface area (Å²) in [5.41, 5.74) is 2.57. The third-order valence-corrected chi connectivity index (χ3v) is 2.59. The molecule has 0 spiro atoms. The fraction of sp³-hybridized carbons (Fsp3) is 0.143. The highest BCUT2D eigenvalue weighted by Gasteiger charge is 2.13. The van der Waals surface area contributed by atoms with Crippen LogP contribution >= 0.6 is 0 Å².